The van der Waals surface area contributed by atoms with Gasteiger partial charge in [-0.05, 0) is 24.6 Å². The number of amides is 1. The Bertz CT molecular complexity index is 640. The second-order valence-corrected chi connectivity index (χ2v) is 5.14. The van der Waals surface area contributed by atoms with Gasteiger partial charge >= 0.3 is 0 Å². The first-order chi connectivity index (χ1) is 10.2. The highest BCUT2D eigenvalue weighted by atomic mass is 35.5. The van der Waals surface area contributed by atoms with Crippen molar-refractivity contribution in [1.82, 2.24) is 15.1 Å². The summed E-state index contributed by atoms with van der Waals surface area (Å²) in [4.78, 5) is 11.9. The molecule has 1 atom stereocenters. The molecule has 2 aromatic rings. The summed E-state index contributed by atoms with van der Waals surface area (Å²) in [6.07, 6.45) is 2.89. The van der Waals surface area contributed by atoms with Crippen LogP contribution < -0.4 is 10.6 Å². The number of nitrogens with one attached hydrogen (secondary N) is 2. The zero-order valence-electron chi connectivity index (χ0n) is 12.0. The van der Waals surface area contributed by atoms with Crippen molar-refractivity contribution in [2.75, 3.05) is 18.4 Å². The fraction of sp³-hybridized carbons (Fsp3) is 0.333. The van der Waals surface area contributed by atoms with Gasteiger partial charge in [0.2, 0.25) is 5.91 Å². The number of hydrogen-bond donors (Lipinski definition) is 2. The molecule has 1 aromatic carbocycles. The van der Waals surface area contributed by atoms with Crippen LogP contribution in [0.5, 0.6) is 0 Å². The van der Waals surface area contributed by atoms with Gasteiger partial charge in [-0.15, -0.1) is 12.4 Å². The lowest BCUT2D eigenvalue weighted by Crippen LogP contribution is -2.17. The molecule has 7 heteroatoms. The Hall–Kier alpha value is -1.92. The lowest BCUT2D eigenvalue weighted by atomic mass is 10.1. The number of nitrogens with zero attached hydrogens (tertiary/aromatic N) is 2. The van der Waals surface area contributed by atoms with Crippen molar-refractivity contribution in [1.29, 1.82) is 0 Å². The van der Waals surface area contributed by atoms with Gasteiger partial charge in [0.15, 0.2) is 5.82 Å². The van der Waals surface area contributed by atoms with Crippen LogP contribution in [-0.2, 0) is 11.2 Å². The van der Waals surface area contributed by atoms with Gasteiger partial charge in [0.25, 0.3) is 0 Å². The van der Waals surface area contributed by atoms with Crippen molar-refractivity contribution in [2.45, 2.75) is 18.9 Å². The molecule has 0 radical (unpaired) electrons. The predicted octanol–water partition coefficient (Wildman–Crippen LogP) is 2.16. The summed E-state index contributed by atoms with van der Waals surface area (Å²) < 4.78 is 15.4. The first kappa shape index (κ1) is 16.5. The van der Waals surface area contributed by atoms with Crippen LogP contribution >= 0.6 is 12.4 Å². The minimum absolute atomic E-state index is 0. The smallest absolute Gasteiger partial charge is 0.230 e. The molecule has 2 N–H and O–H groups in total. The number of benzene rings is 1. The molecule has 22 heavy (non-hydrogen) atoms. The van der Waals surface area contributed by atoms with E-state index in [1.807, 2.05) is 10.9 Å². The zero-order chi connectivity index (χ0) is 14.7. The quantitative estimate of drug-likeness (QED) is 0.906. The molecular formula is C15H18ClFN4O. The molecule has 2 heterocycles. The third kappa shape index (κ3) is 3.84. The highest BCUT2D eigenvalue weighted by molar-refractivity contribution is 5.91. The fourth-order valence-corrected chi connectivity index (χ4v) is 2.48. The highest BCUT2D eigenvalue weighted by Crippen LogP contribution is 2.16. The van der Waals surface area contributed by atoms with E-state index in [2.05, 4.69) is 15.7 Å². The summed E-state index contributed by atoms with van der Waals surface area (Å²) in [7, 11) is 0. The van der Waals surface area contributed by atoms with Crippen molar-refractivity contribution < 1.29 is 9.18 Å². The van der Waals surface area contributed by atoms with E-state index in [1.54, 1.807) is 24.3 Å². The van der Waals surface area contributed by atoms with Crippen molar-refractivity contribution in [3.8, 4) is 0 Å². The van der Waals surface area contributed by atoms with Gasteiger partial charge in [0, 0.05) is 18.8 Å². The molecule has 0 saturated carbocycles. The van der Waals surface area contributed by atoms with Crippen LogP contribution in [0.2, 0.25) is 0 Å². The van der Waals surface area contributed by atoms with Gasteiger partial charge < -0.3 is 10.6 Å². The van der Waals surface area contributed by atoms with Gasteiger partial charge in [-0.2, -0.15) is 5.10 Å². The zero-order valence-corrected chi connectivity index (χ0v) is 12.8. The molecule has 1 amide bonds. The second-order valence-electron chi connectivity index (χ2n) is 5.14. The van der Waals surface area contributed by atoms with Crippen LogP contribution in [0.3, 0.4) is 0 Å². The molecular weight excluding hydrogens is 307 g/mol. The minimum atomic E-state index is -0.366. The molecule has 5 nitrogen and oxygen atoms in total. The van der Waals surface area contributed by atoms with Crippen LogP contribution in [0.15, 0.2) is 36.5 Å². The standard InChI is InChI=1S/C15H17FN4O.ClH/c16-13-4-2-1-3-11(13)9-15(21)18-14-6-8-20(19-14)12-5-7-17-10-12;/h1-4,6,8,12,17H,5,7,9-10H2,(H,18,19,21);1H. The minimum Gasteiger partial charge on any atom is -0.315 e. The van der Waals surface area contributed by atoms with E-state index >= 15 is 0 Å². The van der Waals surface area contributed by atoms with Gasteiger partial charge in [0.05, 0.1) is 12.5 Å². The lowest BCUT2D eigenvalue weighted by Gasteiger charge is -2.08. The topological polar surface area (TPSA) is 59.0 Å². The summed E-state index contributed by atoms with van der Waals surface area (Å²) >= 11 is 0. The van der Waals surface area contributed by atoms with E-state index < -0.39 is 0 Å². The third-order valence-corrected chi connectivity index (χ3v) is 3.59. The van der Waals surface area contributed by atoms with Gasteiger partial charge in [-0.25, -0.2) is 4.39 Å². The van der Waals surface area contributed by atoms with Crippen molar-refractivity contribution in [3.63, 3.8) is 0 Å². The molecule has 0 aliphatic carbocycles. The Kier molecular flexibility index (Phi) is 5.51. The van der Waals surface area contributed by atoms with Crippen molar-refractivity contribution >= 4 is 24.1 Å². The SMILES string of the molecule is Cl.O=C(Cc1ccccc1F)Nc1ccn(C2CCNC2)n1. The van der Waals surface area contributed by atoms with E-state index in [4.69, 9.17) is 0 Å². The summed E-state index contributed by atoms with van der Waals surface area (Å²) in [5, 5.41) is 10.3. The molecule has 1 aliphatic heterocycles. The average Bonchev–Trinajstić information content (AvgIpc) is 3.12. The summed E-state index contributed by atoms with van der Waals surface area (Å²) in [5.41, 5.74) is 0.384. The summed E-state index contributed by atoms with van der Waals surface area (Å²) in [6.45, 7) is 1.88. The molecule has 0 spiro atoms. The number of carbonyl (C=O) groups excluding carboxylic acids is 1. The van der Waals surface area contributed by atoms with Gasteiger partial charge in [-0.1, -0.05) is 18.2 Å². The Morgan fingerprint density at radius 1 is 1.41 bits per heavy atom. The number of carbonyl (C=O) groups is 1. The molecule has 1 aromatic heterocycles. The Labute approximate surface area is 134 Å². The van der Waals surface area contributed by atoms with Crippen LogP contribution in [0.1, 0.15) is 18.0 Å². The molecule has 0 bridgehead atoms. The first-order valence-electron chi connectivity index (χ1n) is 7.01. The molecule has 1 unspecified atom stereocenters. The molecule has 3 rings (SSSR count). The van der Waals surface area contributed by atoms with Gasteiger partial charge in [0.1, 0.15) is 5.82 Å². The Morgan fingerprint density at radius 2 is 2.23 bits per heavy atom. The van der Waals surface area contributed by atoms with Crippen molar-refractivity contribution in [3.05, 3.63) is 47.9 Å². The van der Waals surface area contributed by atoms with Crippen molar-refractivity contribution in [2.24, 2.45) is 0 Å². The molecule has 1 saturated heterocycles. The van der Waals surface area contributed by atoms with E-state index in [0.29, 0.717) is 17.4 Å². The molecule has 118 valence electrons. The van der Waals surface area contributed by atoms with E-state index in [0.717, 1.165) is 19.5 Å². The van der Waals surface area contributed by atoms with E-state index in [-0.39, 0.29) is 30.6 Å². The normalized spacial score (nSPS) is 17.0. The number of halogens is 2. The first-order valence-corrected chi connectivity index (χ1v) is 7.01. The maximum atomic E-state index is 13.5. The Balaban J connectivity index is 0.00000176. The second kappa shape index (κ2) is 7.38. The number of aromatic nitrogens is 2. The summed E-state index contributed by atoms with van der Waals surface area (Å²) in [5.74, 6) is -0.131. The lowest BCUT2D eigenvalue weighted by molar-refractivity contribution is -0.115. The number of rotatable bonds is 4. The van der Waals surface area contributed by atoms with Crippen LogP contribution in [0, 0.1) is 5.82 Å². The van der Waals surface area contributed by atoms with E-state index in [1.165, 1.54) is 6.07 Å². The van der Waals surface area contributed by atoms with Crippen LogP contribution in [0.4, 0.5) is 10.2 Å². The number of anilines is 1. The number of hydrogen-bond acceptors (Lipinski definition) is 3. The van der Waals surface area contributed by atoms with E-state index in [9.17, 15) is 9.18 Å². The Morgan fingerprint density at radius 3 is 2.95 bits per heavy atom. The predicted molar refractivity (Wildman–Crippen MR) is 84.7 cm³/mol. The monoisotopic (exact) mass is 324 g/mol. The largest absolute Gasteiger partial charge is 0.315 e. The van der Waals surface area contributed by atoms with Crippen LogP contribution in [0.25, 0.3) is 0 Å². The maximum absolute atomic E-state index is 13.5. The van der Waals surface area contributed by atoms with Crippen LogP contribution in [-0.4, -0.2) is 28.8 Å². The average molecular weight is 325 g/mol. The third-order valence-electron chi connectivity index (χ3n) is 3.59. The fourth-order valence-electron chi connectivity index (χ4n) is 2.48. The molecule has 1 fully saturated rings. The van der Waals surface area contributed by atoms with Gasteiger partial charge in [-0.3, -0.25) is 9.48 Å². The maximum Gasteiger partial charge on any atom is 0.230 e. The highest BCUT2D eigenvalue weighted by Gasteiger charge is 2.17. The molecule has 1 aliphatic rings. The summed E-state index contributed by atoms with van der Waals surface area (Å²) in [6, 6.07) is 8.38.